The number of ether oxygens (including phenoxy) is 2. The molecule has 0 atom stereocenters. The summed E-state index contributed by atoms with van der Waals surface area (Å²) in [6.45, 7) is 3.89. The van der Waals surface area contributed by atoms with Crippen LogP contribution in [0.5, 0.6) is 11.5 Å². The van der Waals surface area contributed by atoms with Gasteiger partial charge in [0.05, 0.1) is 13.2 Å². The molecule has 2 aromatic carbocycles. The number of nitrogens with zero attached hydrogens (tertiary/aromatic N) is 2. The topological polar surface area (TPSA) is 86.5 Å². The van der Waals surface area contributed by atoms with Crippen LogP contribution in [0.1, 0.15) is 24.2 Å². The number of hydrogen-bond donors (Lipinski definition) is 1. The third-order valence-corrected chi connectivity index (χ3v) is 3.57. The fraction of sp³-hybridized carbons (Fsp3) is 0.211. The van der Waals surface area contributed by atoms with Crippen LogP contribution in [-0.2, 0) is 0 Å². The first-order valence-electron chi connectivity index (χ1n) is 8.12. The van der Waals surface area contributed by atoms with Crippen LogP contribution in [0.2, 0.25) is 0 Å². The minimum atomic E-state index is -0.313. The number of anilines is 1. The van der Waals surface area contributed by atoms with Crippen molar-refractivity contribution in [3.8, 4) is 22.8 Å². The Kier molecular flexibility index (Phi) is 5.17. The standard InChI is InChI=1S/C19H19N3O4/c1-12(2)25-16-10-6-14(7-11-16)19(23)20-18-17(21-26-22-18)13-4-8-15(24-3)9-5-13/h4-12H,1-3H3,(H,20,22,23). The molecule has 7 heteroatoms. The molecular formula is C19H19N3O4. The van der Waals surface area contributed by atoms with E-state index in [1.165, 1.54) is 0 Å². The first-order valence-corrected chi connectivity index (χ1v) is 8.12. The van der Waals surface area contributed by atoms with Crippen LogP contribution in [0.25, 0.3) is 11.3 Å². The van der Waals surface area contributed by atoms with E-state index in [9.17, 15) is 4.79 Å². The van der Waals surface area contributed by atoms with E-state index in [1.807, 2.05) is 26.0 Å². The molecule has 1 amide bonds. The Hall–Kier alpha value is -3.35. The van der Waals surface area contributed by atoms with Crippen molar-refractivity contribution < 1.29 is 18.9 Å². The van der Waals surface area contributed by atoms with Gasteiger partial charge in [0.1, 0.15) is 11.5 Å². The Labute approximate surface area is 150 Å². The summed E-state index contributed by atoms with van der Waals surface area (Å²) in [5.41, 5.74) is 1.67. The molecule has 0 bridgehead atoms. The SMILES string of the molecule is COc1ccc(-c2nonc2NC(=O)c2ccc(OC(C)C)cc2)cc1. The molecule has 0 fully saturated rings. The monoisotopic (exact) mass is 353 g/mol. The van der Waals surface area contributed by atoms with Crippen molar-refractivity contribution in [2.75, 3.05) is 12.4 Å². The Bertz CT molecular complexity index is 871. The number of carbonyl (C=O) groups excluding carboxylic acids is 1. The van der Waals surface area contributed by atoms with E-state index >= 15 is 0 Å². The molecule has 134 valence electrons. The average Bonchev–Trinajstić information content (AvgIpc) is 3.10. The fourth-order valence-electron chi connectivity index (χ4n) is 2.35. The summed E-state index contributed by atoms with van der Waals surface area (Å²) in [6, 6.07) is 14.1. The van der Waals surface area contributed by atoms with Gasteiger partial charge in [-0.1, -0.05) is 0 Å². The lowest BCUT2D eigenvalue weighted by molar-refractivity contribution is 0.102. The van der Waals surface area contributed by atoms with Gasteiger partial charge in [-0.15, -0.1) is 0 Å². The number of benzene rings is 2. The highest BCUT2D eigenvalue weighted by Gasteiger charge is 2.16. The number of amides is 1. The predicted octanol–water partition coefficient (Wildman–Crippen LogP) is 3.78. The Morgan fingerprint density at radius 2 is 1.65 bits per heavy atom. The summed E-state index contributed by atoms with van der Waals surface area (Å²) in [6.07, 6.45) is 0.0722. The van der Waals surface area contributed by atoms with Gasteiger partial charge < -0.3 is 14.8 Å². The van der Waals surface area contributed by atoms with E-state index < -0.39 is 0 Å². The number of carbonyl (C=O) groups is 1. The van der Waals surface area contributed by atoms with Crippen molar-refractivity contribution in [2.24, 2.45) is 0 Å². The lowest BCUT2D eigenvalue weighted by Gasteiger charge is -2.10. The molecule has 0 aliphatic heterocycles. The van der Waals surface area contributed by atoms with Crippen molar-refractivity contribution in [1.29, 1.82) is 0 Å². The Morgan fingerprint density at radius 1 is 1.00 bits per heavy atom. The first kappa shape index (κ1) is 17.5. The molecule has 0 aliphatic carbocycles. The summed E-state index contributed by atoms with van der Waals surface area (Å²) in [4.78, 5) is 12.4. The van der Waals surface area contributed by atoms with Crippen molar-refractivity contribution in [2.45, 2.75) is 20.0 Å². The zero-order valence-electron chi connectivity index (χ0n) is 14.7. The van der Waals surface area contributed by atoms with E-state index in [0.29, 0.717) is 17.0 Å². The van der Waals surface area contributed by atoms with Crippen LogP contribution in [0.3, 0.4) is 0 Å². The number of hydrogen-bond acceptors (Lipinski definition) is 6. The van der Waals surface area contributed by atoms with Crippen LogP contribution in [0.15, 0.2) is 53.2 Å². The maximum absolute atomic E-state index is 12.4. The van der Waals surface area contributed by atoms with Gasteiger partial charge >= 0.3 is 0 Å². The second-order valence-electron chi connectivity index (χ2n) is 5.84. The molecular weight excluding hydrogens is 334 g/mol. The molecule has 26 heavy (non-hydrogen) atoms. The molecule has 1 heterocycles. The molecule has 0 saturated carbocycles. The van der Waals surface area contributed by atoms with Crippen LogP contribution < -0.4 is 14.8 Å². The number of methoxy groups -OCH3 is 1. The van der Waals surface area contributed by atoms with Crippen LogP contribution in [-0.4, -0.2) is 29.4 Å². The quantitative estimate of drug-likeness (QED) is 0.726. The predicted molar refractivity (Wildman–Crippen MR) is 96.4 cm³/mol. The largest absolute Gasteiger partial charge is 0.497 e. The van der Waals surface area contributed by atoms with Crippen molar-refractivity contribution in [3.63, 3.8) is 0 Å². The van der Waals surface area contributed by atoms with E-state index in [-0.39, 0.29) is 17.8 Å². The van der Waals surface area contributed by atoms with Crippen molar-refractivity contribution in [3.05, 3.63) is 54.1 Å². The molecule has 0 spiro atoms. The smallest absolute Gasteiger partial charge is 0.256 e. The highest BCUT2D eigenvalue weighted by Crippen LogP contribution is 2.26. The molecule has 7 nitrogen and oxygen atoms in total. The first-order chi connectivity index (χ1) is 12.6. The molecule has 1 N–H and O–H groups in total. The Balaban J connectivity index is 1.75. The van der Waals surface area contributed by atoms with Gasteiger partial charge in [-0.25, -0.2) is 4.63 Å². The van der Waals surface area contributed by atoms with Gasteiger partial charge in [0.25, 0.3) is 5.91 Å². The molecule has 0 aliphatic rings. The minimum absolute atomic E-state index is 0.0722. The number of aromatic nitrogens is 2. The van der Waals surface area contributed by atoms with Crippen LogP contribution in [0.4, 0.5) is 5.82 Å². The molecule has 0 radical (unpaired) electrons. The van der Waals surface area contributed by atoms with Gasteiger partial charge in [-0.2, -0.15) is 0 Å². The second kappa shape index (κ2) is 7.69. The van der Waals surface area contributed by atoms with Gasteiger partial charge in [0.2, 0.25) is 5.82 Å². The van der Waals surface area contributed by atoms with E-state index in [1.54, 1.807) is 43.5 Å². The Morgan fingerprint density at radius 3 is 2.27 bits per heavy atom. The van der Waals surface area contributed by atoms with Gasteiger partial charge in [-0.3, -0.25) is 4.79 Å². The third kappa shape index (κ3) is 4.00. The van der Waals surface area contributed by atoms with E-state index in [4.69, 9.17) is 14.1 Å². The minimum Gasteiger partial charge on any atom is -0.497 e. The maximum Gasteiger partial charge on any atom is 0.256 e. The lowest BCUT2D eigenvalue weighted by atomic mass is 10.1. The number of rotatable bonds is 6. The molecule has 0 unspecified atom stereocenters. The van der Waals surface area contributed by atoms with Gasteiger partial charge in [0.15, 0.2) is 5.69 Å². The van der Waals surface area contributed by atoms with E-state index in [0.717, 1.165) is 11.3 Å². The van der Waals surface area contributed by atoms with Crippen LogP contribution in [0, 0.1) is 0 Å². The van der Waals surface area contributed by atoms with Gasteiger partial charge in [-0.05, 0) is 72.7 Å². The summed E-state index contributed by atoms with van der Waals surface area (Å²) in [7, 11) is 1.59. The molecule has 3 aromatic rings. The lowest BCUT2D eigenvalue weighted by Crippen LogP contribution is -2.13. The maximum atomic E-state index is 12.4. The van der Waals surface area contributed by atoms with Crippen molar-refractivity contribution in [1.82, 2.24) is 10.3 Å². The number of nitrogens with one attached hydrogen (secondary N) is 1. The van der Waals surface area contributed by atoms with Crippen LogP contribution >= 0.6 is 0 Å². The van der Waals surface area contributed by atoms with Crippen molar-refractivity contribution >= 4 is 11.7 Å². The zero-order chi connectivity index (χ0) is 18.5. The molecule has 3 rings (SSSR count). The van der Waals surface area contributed by atoms with Gasteiger partial charge in [0, 0.05) is 11.1 Å². The molecule has 1 aromatic heterocycles. The highest BCUT2D eigenvalue weighted by atomic mass is 16.6. The summed E-state index contributed by atoms with van der Waals surface area (Å²) < 4.78 is 15.5. The normalized spacial score (nSPS) is 10.6. The average molecular weight is 353 g/mol. The third-order valence-electron chi connectivity index (χ3n) is 3.57. The fourth-order valence-corrected chi connectivity index (χ4v) is 2.35. The summed E-state index contributed by atoms with van der Waals surface area (Å²) in [5, 5.41) is 10.4. The summed E-state index contributed by atoms with van der Waals surface area (Å²) in [5.74, 6) is 1.37. The second-order valence-corrected chi connectivity index (χ2v) is 5.84. The zero-order valence-corrected chi connectivity index (χ0v) is 14.7. The molecule has 0 saturated heterocycles. The van der Waals surface area contributed by atoms with E-state index in [2.05, 4.69) is 15.6 Å². The summed E-state index contributed by atoms with van der Waals surface area (Å²) >= 11 is 0. The highest BCUT2D eigenvalue weighted by molar-refractivity contribution is 6.05.